The van der Waals surface area contributed by atoms with Gasteiger partial charge in [0.25, 0.3) is 0 Å². The second-order valence-electron chi connectivity index (χ2n) is 11.0. The van der Waals surface area contributed by atoms with Crippen LogP contribution in [0, 0.1) is 18.8 Å². The summed E-state index contributed by atoms with van der Waals surface area (Å²) < 4.78 is 6.13. The van der Waals surface area contributed by atoms with Crippen molar-refractivity contribution in [3.63, 3.8) is 0 Å². The Bertz CT molecular complexity index is 872. The highest BCUT2D eigenvalue weighted by Gasteiger charge is 2.41. The molecular formula is C30H42N2O. The molecule has 178 valence electrons. The smallest absolute Gasteiger partial charge is 0.132 e. The number of likely N-dealkylation sites (tertiary alicyclic amines) is 1. The van der Waals surface area contributed by atoms with Crippen LogP contribution in [0.1, 0.15) is 62.5 Å². The van der Waals surface area contributed by atoms with E-state index >= 15 is 0 Å². The number of hydrogen-bond donors (Lipinski definition) is 0. The van der Waals surface area contributed by atoms with Crippen molar-refractivity contribution in [3.05, 3.63) is 65.7 Å². The van der Waals surface area contributed by atoms with Gasteiger partial charge in [-0.1, -0.05) is 60.9 Å². The molecule has 0 radical (unpaired) electrons. The molecule has 2 saturated carbocycles. The summed E-state index contributed by atoms with van der Waals surface area (Å²) in [5.41, 5.74) is 4.64. The minimum absolute atomic E-state index is 0.210. The number of anilines is 1. The molecule has 0 aromatic heterocycles. The summed E-state index contributed by atoms with van der Waals surface area (Å²) >= 11 is 0. The van der Waals surface area contributed by atoms with Crippen molar-refractivity contribution >= 4 is 5.69 Å². The highest BCUT2D eigenvalue weighted by atomic mass is 16.5. The lowest BCUT2D eigenvalue weighted by Gasteiger charge is -2.48. The molecule has 3 fully saturated rings. The highest BCUT2D eigenvalue weighted by Crippen LogP contribution is 2.45. The zero-order chi connectivity index (χ0) is 22.7. The number of aryl methyl sites for hydroxylation is 1. The van der Waals surface area contributed by atoms with Crippen LogP contribution in [0.15, 0.2) is 54.6 Å². The van der Waals surface area contributed by atoms with Crippen molar-refractivity contribution < 1.29 is 4.74 Å². The topological polar surface area (TPSA) is 15.7 Å². The standard InChI is InChI=1S/C30H42N2O/c1-24-14-16-27(17-15-24)30(18-8-19-30)23-31-20-7-9-25(21-31)22-32(28-12-4-3-5-13-28)29(33-2)26-10-6-11-26/h3-5,12-17,25-26,29H,6-11,18-23H2,1-2H3/t25-,29?/m1/s1. The van der Waals surface area contributed by atoms with Crippen LogP contribution in [0.5, 0.6) is 0 Å². The fraction of sp³-hybridized carbons (Fsp3) is 0.600. The van der Waals surface area contributed by atoms with Crippen molar-refractivity contribution in [2.75, 3.05) is 38.2 Å². The minimum atomic E-state index is 0.210. The molecule has 33 heavy (non-hydrogen) atoms. The molecule has 1 heterocycles. The lowest BCUT2D eigenvalue weighted by molar-refractivity contribution is 0.0122. The van der Waals surface area contributed by atoms with Gasteiger partial charge in [-0.25, -0.2) is 0 Å². The number of nitrogens with zero attached hydrogens (tertiary/aromatic N) is 2. The Balaban J connectivity index is 1.28. The Labute approximate surface area is 201 Å². The fourth-order valence-corrected chi connectivity index (χ4v) is 6.47. The Morgan fingerprint density at radius 1 is 0.970 bits per heavy atom. The van der Waals surface area contributed by atoms with Crippen molar-refractivity contribution in [1.82, 2.24) is 4.90 Å². The van der Waals surface area contributed by atoms with Crippen molar-refractivity contribution in [2.45, 2.75) is 69.9 Å². The first-order valence-corrected chi connectivity index (χ1v) is 13.3. The maximum atomic E-state index is 6.13. The number of hydrogen-bond acceptors (Lipinski definition) is 3. The van der Waals surface area contributed by atoms with Crippen LogP contribution >= 0.6 is 0 Å². The predicted molar refractivity (Wildman–Crippen MR) is 138 cm³/mol. The maximum Gasteiger partial charge on any atom is 0.132 e. The van der Waals surface area contributed by atoms with Gasteiger partial charge in [0.2, 0.25) is 0 Å². The first kappa shape index (κ1) is 22.9. The van der Waals surface area contributed by atoms with E-state index in [-0.39, 0.29) is 6.23 Å². The van der Waals surface area contributed by atoms with Crippen LogP contribution in [0.3, 0.4) is 0 Å². The molecule has 5 rings (SSSR count). The van der Waals surface area contributed by atoms with E-state index in [0.717, 1.165) is 6.54 Å². The number of benzene rings is 2. The highest BCUT2D eigenvalue weighted by molar-refractivity contribution is 5.47. The van der Waals surface area contributed by atoms with Gasteiger partial charge >= 0.3 is 0 Å². The molecule has 1 unspecified atom stereocenters. The summed E-state index contributed by atoms with van der Waals surface area (Å²) in [7, 11) is 1.91. The largest absolute Gasteiger partial charge is 0.361 e. The van der Waals surface area contributed by atoms with Crippen LogP contribution in [-0.2, 0) is 10.2 Å². The van der Waals surface area contributed by atoms with E-state index < -0.39 is 0 Å². The van der Waals surface area contributed by atoms with Crippen LogP contribution in [0.2, 0.25) is 0 Å². The van der Waals surface area contributed by atoms with Gasteiger partial charge in [0, 0.05) is 43.8 Å². The van der Waals surface area contributed by atoms with Crippen LogP contribution in [0.4, 0.5) is 5.69 Å². The SMILES string of the molecule is COC(C1CCC1)N(C[C@@H]1CCCN(CC2(c3ccc(C)cc3)CCC2)C1)c1ccccc1. The zero-order valence-corrected chi connectivity index (χ0v) is 20.7. The number of ether oxygens (including phenoxy) is 1. The quantitative estimate of drug-likeness (QED) is 0.414. The van der Waals surface area contributed by atoms with Gasteiger partial charge < -0.3 is 14.5 Å². The Kier molecular flexibility index (Phi) is 7.08. The average molecular weight is 447 g/mol. The molecule has 2 aromatic rings. The van der Waals surface area contributed by atoms with E-state index in [1.165, 1.54) is 82.3 Å². The molecule has 2 atom stereocenters. The monoisotopic (exact) mass is 446 g/mol. The number of methoxy groups -OCH3 is 1. The van der Waals surface area contributed by atoms with Gasteiger partial charge in [-0.3, -0.25) is 0 Å². The van der Waals surface area contributed by atoms with Crippen molar-refractivity contribution in [1.29, 1.82) is 0 Å². The third-order valence-corrected chi connectivity index (χ3v) is 8.75. The van der Waals surface area contributed by atoms with E-state index in [4.69, 9.17) is 4.74 Å². The van der Waals surface area contributed by atoms with Gasteiger partial charge in [-0.15, -0.1) is 0 Å². The Morgan fingerprint density at radius 2 is 1.73 bits per heavy atom. The van der Waals surface area contributed by atoms with Crippen LogP contribution in [-0.4, -0.2) is 44.4 Å². The van der Waals surface area contributed by atoms with Gasteiger partial charge in [0.05, 0.1) is 0 Å². The lowest BCUT2D eigenvalue weighted by atomic mass is 9.64. The van der Waals surface area contributed by atoms with E-state index in [2.05, 4.69) is 71.3 Å². The van der Waals surface area contributed by atoms with E-state index in [0.29, 0.717) is 17.3 Å². The predicted octanol–water partition coefficient (Wildman–Crippen LogP) is 6.41. The molecule has 0 amide bonds. The molecule has 2 aromatic carbocycles. The van der Waals surface area contributed by atoms with Crippen LogP contribution in [0.25, 0.3) is 0 Å². The number of piperidine rings is 1. The second-order valence-corrected chi connectivity index (χ2v) is 11.0. The van der Waals surface area contributed by atoms with E-state index in [1.807, 2.05) is 7.11 Å². The normalized spacial score (nSPS) is 24.0. The summed E-state index contributed by atoms with van der Waals surface area (Å²) in [6.45, 7) is 7.01. The lowest BCUT2D eigenvalue weighted by Crippen LogP contribution is -2.52. The molecule has 0 spiro atoms. The van der Waals surface area contributed by atoms with Gasteiger partial charge in [0.1, 0.15) is 6.23 Å². The molecule has 3 aliphatic rings. The van der Waals surface area contributed by atoms with Gasteiger partial charge in [-0.2, -0.15) is 0 Å². The van der Waals surface area contributed by atoms with Gasteiger partial charge in [0.15, 0.2) is 0 Å². The summed E-state index contributed by atoms with van der Waals surface area (Å²) in [5, 5.41) is 0. The molecule has 3 nitrogen and oxygen atoms in total. The molecule has 2 aliphatic carbocycles. The molecule has 3 heteroatoms. The molecular weight excluding hydrogens is 404 g/mol. The Morgan fingerprint density at radius 3 is 2.33 bits per heavy atom. The molecule has 1 saturated heterocycles. The average Bonchev–Trinajstić information content (AvgIpc) is 2.79. The van der Waals surface area contributed by atoms with Gasteiger partial charge in [-0.05, 0) is 75.6 Å². The first-order valence-electron chi connectivity index (χ1n) is 13.3. The number of para-hydroxylation sites is 1. The Hall–Kier alpha value is -1.84. The van der Waals surface area contributed by atoms with Crippen molar-refractivity contribution in [3.8, 4) is 0 Å². The summed E-state index contributed by atoms with van der Waals surface area (Å²) in [4.78, 5) is 5.39. The summed E-state index contributed by atoms with van der Waals surface area (Å²) in [6, 6.07) is 20.4. The summed E-state index contributed by atoms with van der Waals surface area (Å²) in [5.74, 6) is 1.38. The first-order chi connectivity index (χ1) is 16.2. The summed E-state index contributed by atoms with van der Waals surface area (Å²) in [6.07, 6.45) is 10.9. The third kappa shape index (κ3) is 5.00. The molecule has 0 bridgehead atoms. The maximum absolute atomic E-state index is 6.13. The molecule has 0 N–H and O–H groups in total. The zero-order valence-electron chi connectivity index (χ0n) is 20.7. The fourth-order valence-electron chi connectivity index (χ4n) is 6.47. The van der Waals surface area contributed by atoms with E-state index in [9.17, 15) is 0 Å². The number of rotatable bonds is 9. The third-order valence-electron chi connectivity index (χ3n) is 8.75. The van der Waals surface area contributed by atoms with E-state index in [1.54, 1.807) is 5.56 Å². The van der Waals surface area contributed by atoms with Crippen LogP contribution < -0.4 is 4.90 Å². The second kappa shape index (κ2) is 10.2. The molecule has 1 aliphatic heterocycles. The minimum Gasteiger partial charge on any atom is -0.361 e. The van der Waals surface area contributed by atoms with Crippen molar-refractivity contribution in [2.24, 2.45) is 11.8 Å².